The second kappa shape index (κ2) is 4.90. The Bertz CT molecular complexity index is 323. The van der Waals surface area contributed by atoms with Crippen LogP contribution in [0.2, 0.25) is 0 Å². The van der Waals surface area contributed by atoms with Crippen LogP contribution in [0.5, 0.6) is 0 Å². The summed E-state index contributed by atoms with van der Waals surface area (Å²) in [4.78, 5) is 19.5. The molecule has 0 heterocycles. The molecule has 6 nitrogen and oxygen atoms in total. The summed E-state index contributed by atoms with van der Waals surface area (Å²) in [6, 6.07) is 6.74. The van der Waals surface area contributed by atoms with E-state index in [0.717, 1.165) is 5.56 Å². The number of benzene rings is 1. The Balaban J connectivity index is 2.54. The van der Waals surface area contributed by atoms with E-state index in [0.29, 0.717) is 12.1 Å². The number of nitro groups is 1. The Morgan fingerprint density at radius 1 is 1.36 bits per heavy atom. The lowest BCUT2D eigenvalue weighted by molar-refractivity contribution is -0.479. The van der Waals surface area contributed by atoms with E-state index in [-0.39, 0.29) is 11.5 Å². The van der Waals surface area contributed by atoms with Crippen LogP contribution in [0.25, 0.3) is 0 Å². The Morgan fingerprint density at radius 2 is 2.00 bits per heavy atom. The summed E-state index contributed by atoms with van der Waals surface area (Å²) in [6.45, 7) is -0.0846. The first-order chi connectivity index (χ1) is 6.72. The van der Waals surface area contributed by atoms with Crippen LogP contribution in [0.15, 0.2) is 29.6 Å². The van der Waals surface area contributed by atoms with Gasteiger partial charge in [0, 0.05) is 11.3 Å². The van der Waals surface area contributed by atoms with E-state index in [9.17, 15) is 15.0 Å². The molecule has 0 saturated heterocycles. The van der Waals surface area contributed by atoms with Crippen molar-refractivity contribution in [1.29, 1.82) is 0 Å². The predicted octanol–water partition coefficient (Wildman–Crippen LogP) is 1.60. The van der Waals surface area contributed by atoms with E-state index in [1.54, 1.807) is 24.3 Å². The van der Waals surface area contributed by atoms with Crippen molar-refractivity contribution in [3.8, 4) is 0 Å². The molecule has 1 rings (SSSR count). The van der Waals surface area contributed by atoms with Gasteiger partial charge in [-0.1, -0.05) is 12.1 Å². The summed E-state index contributed by atoms with van der Waals surface area (Å²) in [5.41, 5.74) is 3.67. The molecule has 1 N–H and O–H groups in total. The maximum atomic E-state index is 10.1. The van der Waals surface area contributed by atoms with Gasteiger partial charge in [-0.05, 0) is 17.7 Å². The highest BCUT2D eigenvalue weighted by Crippen LogP contribution is 2.09. The Labute approximate surface area is 80.0 Å². The average Bonchev–Trinajstić information content (AvgIpc) is 2.17. The molecule has 0 amide bonds. The molecule has 0 radical (unpaired) electrons. The van der Waals surface area contributed by atoms with Crippen molar-refractivity contribution in [2.75, 3.05) is 12.0 Å². The van der Waals surface area contributed by atoms with Gasteiger partial charge in [-0.3, -0.25) is 10.1 Å². The second-order valence-corrected chi connectivity index (χ2v) is 2.71. The zero-order valence-corrected chi connectivity index (χ0v) is 7.34. The highest BCUT2D eigenvalue weighted by molar-refractivity contribution is 5.43. The molecule has 0 saturated carbocycles. The first-order valence-electron chi connectivity index (χ1n) is 4.01. The van der Waals surface area contributed by atoms with E-state index in [4.69, 9.17) is 0 Å². The number of nitroso groups, excluding NO2 is 1. The van der Waals surface area contributed by atoms with E-state index in [1.807, 2.05) is 0 Å². The molecule has 74 valence electrons. The fourth-order valence-corrected chi connectivity index (χ4v) is 1.02. The first-order valence-corrected chi connectivity index (χ1v) is 4.01. The summed E-state index contributed by atoms with van der Waals surface area (Å²) in [6.07, 6.45) is 0.391. The summed E-state index contributed by atoms with van der Waals surface area (Å²) in [5, 5.41) is 12.6. The average molecular weight is 195 g/mol. The topological polar surface area (TPSA) is 84.6 Å². The number of hydrogen-bond donors (Lipinski definition) is 1. The number of nitrogens with one attached hydrogen (secondary N) is 1. The van der Waals surface area contributed by atoms with Crippen molar-refractivity contribution in [1.82, 2.24) is 0 Å². The van der Waals surface area contributed by atoms with Gasteiger partial charge in [0.15, 0.2) is 0 Å². The Morgan fingerprint density at radius 3 is 2.50 bits per heavy atom. The number of nitrogens with zero attached hydrogens (tertiary/aromatic N) is 2. The van der Waals surface area contributed by atoms with Crippen molar-refractivity contribution in [3.05, 3.63) is 44.9 Å². The SMILES string of the molecule is O=NNc1ccc(CC[N+](=O)[O-])cc1. The monoisotopic (exact) mass is 195 g/mol. The largest absolute Gasteiger partial charge is 0.265 e. The molecule has 0 atom stereocenters. The second-order valence-electron chi connectivity index (χ2n) is 2.71. The van der Waals surface area contributed by atoms with Gasteiger partial charge in [0.05, 0.1) is 11.0 Å². The molecule has 0 fully saturated rings. The first kappa shape index (κ1) is 10.1. The molecule has 0 spiro atoms. The van der Waals surface area contributed by atoms with Gasteiger partial charge >= 0.3 is 0 Å². The molecule has 0 aromatic heterocycles. The van der Waals surface area contributed by atoms with Gasteiger partial charge in [-0.2, -0.15) is 0 Å². The predicted molar refractivity (Wildman–Crippen MR) is 51.4 cm³/mol. The van der Waals surface area contributed by atoms with Crippen molar-refractivity contribution >= 4 is 5.69 Å². The Hall–Kier alpha value is -1.98. The van der Waals surface area contributed by atoms with Crippen LogP contribution in [0.3, 0.4) is 0 Å². The van der Waals surface area contributed by atoms with Crippen molar-refractivity contribution in [2.24, 2.45) is 5.29 Å². The highest BCUT2D eigenvalue weighted by atomic mass is 16.6. The molecular formula is C8H9N3O3. The normalized spacial score (nSPS) is 9.43. The maximum absolute atomic E-state index is 10.1. The zero-order chi connectivity index (χ0) is 10.4. The minimum atomic E-state index is -0.362. The molecule has 0 aliphatic heterocycles. The van der Waals surface area contributed by atoms with Gasteiger partial charge in [0.2, 0.25) is 6.54 Å². The summed E-state index contributed by atoms with van der Waals surface area (Å²) in [7, 11) is 0. The fraction of sp³-hybridized carbons (Fsp3) is 0.250. The van der Waals surface area contributed by atoms with E-state index >= 15 is 0 Å². The van der Waals surface area contributed by atoms with Crippen LogP contribution in [0.1, 0.15) is 5.56 Å². The third-order valence-electron chi connectivity index (χ3n) is 1.71. The zero-order valence-electron chi connectivity index (χ0n) is 7.34. The van der Waals surface area contributed by atoms with Crippen molar-refractivity contribution in [2.45, 2.75) is 6.42 Å². The van der Waals surface area contributed by atoms with Crippen LogP contribution >= 0.6 is 0 Å². The summed E-state index contributed by atoms with van der Waals surface area (Å²) >= 11 is 0. The van der Waals surface area contributed by atoms with Gasteiger partial charge in [-0.15, -0.1) is 4.91 Å². The van der Waals surface area contributed by atoms with Crippen molar-refractivity contribution in [3.63, 3.8) is 0 Å². The lowest BCUT2D eigenvalue weighted by Crippen LogP contribution is -2.03. The van der Waals surface area contributed by atoms with Gasteiger partial charge < -0.3 is 0 Å². The lowest BCUT2D eigenvalue weighted by atomic mass is 10.1. The molecule has 14 heavy (non-hydrogen) atoms. The lowest BCUT2D eigenvalue weighted by Gasteiger charge is -1.99. The van der Waals surface area contributed by atoms with E-state index in [2.05, 4.69) is 10.7 Å². The number of hydrogen-bond acceptors (Lipinski definition) is 4. The molecular weight excluding hydrogens is 186 g/mol. The molecule has 1 aromatic carbocycles. The maximum Gasteiger partial charge on any atom is 0.207 e. The van der Waals surface area contributed by atoms with Gasteiger partial charge in [-0.25, -0.2) is 5.43 Å². The van der Waals surface area contributed by atoms with E-state index in [1.165, 1.54) is 0 Å². The Kier molecular flexibility index (Phi) is 3.54. The fourth-order valence-electron chi connectivity index (χ4n) is 1.02. The number of rotatable bonds is 5. The number of anilines is 1. The van der Waals surface area contributed by atoms with Crippen LogP contribution in [0, 0.1) is 15.0 Å². The molecule has 0 aliphatic rings. The van der Waals surface area contributed by atoms with Gasteiger partial charge in [0.1, 0.15) is 0 Å². The quantitative estimate of drug-likeness (QED) is 0.439. The highest BCUT2D eigenvalue weighted by Gasteiger charge is 1.99. The third kappa shape index (κ3) is 3.18. The molecule has 0 bridgehead atoms. The van der Waals surface area contributed by atoms with Crippen molar-refractivity contribution < 1.29 is 4.92 Å². The molecule has 6 heteroatoms. The molecule has 0 unspecified atom stereocenters. The molecule has 1 aromatic rings. The molecule has 0 aliphatic carbocycles. The third-order valence-corrected chi connectivity index (χ3v) is 1.71. The van der Waals surface area contributed by atoms with Crippen LogP contribution in [0.4, 0.5) is 5.69 Å². The minimum Gasteiger partial charge on any atom is -0.265 e. The smallest absolute Gasteiger partial charge is 0.207 e. The minimum absolute atomic E-state index is 0.0846. The summed E-state index contributed by atoms with van der Waals surface area (Å²) < 4.78 is 0. The van der Waals surface area contributed by atoms with Crippen LogP contribution < -0.4 is 5.43 Å². The standard InChI is InChI=1S/C8H9N3O3/c12-10-9-8-3-1-7(2-4-8)5-6-11(13)14/h1-4H,5-6H2,(H,9,12). The van der Waals surface area contributed by atoms with Gasteiger partial charge in [0.25, 0.3) is 0 Å². The van der Waals surface area contributed by atoms with Crippen LogP contribution in [-0.2, 0) is 6.42 Å². The van der Waals surface area contributed by atoms with E-state index < -0.39 is 0 Å². The summed E-state index contributed by atoms with van der Waals surface area (Å²) in [5.74, 6) is 0. The van der Waals surface area contributed by atoms with Crippen LogP contribution in [-0.4, -0.2) is 11.5 Å².